The number of carbonyl (C=O) groups excluding carboxylic acids is 2. The van der Waals surface area contributed by atoms with Crippen molar-refractivity contribution in [2.75, 3.05) is 26.2 Å². The summed E-state index contributed by atoms with van der Waals surface area (Å²) in [5.74, 6) is -0.241. The molecule has 1 atom stereocenters. The Labute approximate surface area is 123 Å². The van der Waals surface area contributed by atoms with Gasteiger partial charge in [0.1, 0.15) is 0 Å². The Balaban J connectivity index is 1.82. The molecule has 1 aromatic heterocycles. The van der Waals surface area contributed by atoms with E-state index in [9.17, 15) is 9.59 Å². The van der Waals surface area contributed by atoms with Crippen molar-refractivity contribution in [2.45, 2.75) is 26.3 Å². The van der Waals surface area contributed by atoms with Gasteiger partial charge in [0.25, 0.3) is 0 Å². The van der Waals surface area contributed by atoms with Gasteiger partial charge in [-0.25, -0.2) is 0 Å². The number of fused-ring (bicyclic) bond motifs is 1. The normalized spacial score (nSPS) is 18.4. The lowest BCUT2D eigenvalue weighted by atomic mass is 10.0. The van der Waals surface area contributed by atoms with Gasteiger partial charge in [-0.3, -0.25) is 14.5 Å². The molecule has 2 amide bonds. The van der Waals surface area contributed by atoms with Crippen molar-refractivity contribution in [1.29, 1.82) is 0 Å². The molecule has 0 bridgehead atoms. The summed E-state index contributed by atoms with van der Waals surface area (Å²) < 4.78 is 0. The number of hydrogen-bond donors (Lipinski definition) is 2. The van der Waals surface area contributed by atoms with Gasteiger partial charge in [-0.05, 0) is 37.3 Å². The Morgan fingerprint density at radius 3 is 2.95 bits per heavy atom. The Bertz CT molecular complexity index is 487. The number of thiophene rings is 1. The third-order valence-corrected chi connectivity index (χ3v) is 4.57. The maximum Gasteiger partial charge on any atom is 0.239 e. The van der Waals surface area contributed by atoms with Crippen LogP contribution in [-0.4, -0.2) is 42.9 Å². The number of carbonyl (C=O) groups is 2. The van der Waals surface area contributed by atoms with E-state index in [1.165, 1.54) is 10.4 Å². The van der Waals surface area contributed by atoms with Gasteiger partial charge in [0.2, 0.25) is 11.8 Å². The van der Waals surface area contributed by atoms with Gasteiger partial charge < -0.3 is 10.6 Å². The minimum atomic E-state index is -0.146. The zero-order chi connectivity index (χ0) is 14.5. The van der Waals surface area contributed by atoms with Gasteiger partial charge >= 0.3 is 0 Å². The van der Waals surface area contributed by atoms with E-state index >= 15 is 0 Å². The summed E-state index contributed by atoms with van der Waals surface area (Å²) >= 11 is 1.79. The van der Waals surface area contributed by atoms with E-state index < -0.39 is 0 Å². The van der Waals surface area contributed by atoms with Crippen LogP contribution in [0, 0.1) is 0 Å². The molecule has 5 nitrogen and oxygen atoms in total. The SMILES string of the molecule is CCNC(=O)CNC(=O)CN1CCc2sccc2[C@@H]1C. The fourth-order valence-electron chi connectivity index (χ4n) is 2.46. The molecule has 2 N–H and O–H groups in total. The van der Waals surface area contributed by atoms with E-state index in [1.54, 1.807) is 11.3 Å². The molecule has 0 aromatic carbocycles. The topological polar surface area (TPSA) is 61.4 Å². The third-order valence-electron chi connectivity index (χ3n) is 3.57. The highest BCUT2D eigenvalue weighted by Crippen LogP contribution is 2.32. The predicted molar refractivity (Wildman–Crippen MR) is 79.7 cm³/mol. The largest absolute Gasteiger partial charge is 0.355 e. The zero-order valence-electron chi connectivity index (χ0n) is 11.9. The first-order valence-corrected chi connectivity index (χ1v) is 7.83. The van der Waals surface area contributed by atoms with Crippen molar-refractivity contribution in [3.8, 4) is 0 Å². The fraction of sp³-hybridized carbons (Fsp3) is 0.571. The summed E-state index contributed by atoms with van der Waals surface area (Å²) in [5, 5.41) is 7.43. The van der Waals surface area contributed by atoms with Crippen molar-refractivity contribution in [3.05, 3.63) is 21.9 Å². The Morgan fingerprint density at radius 2 is 2.20 bits per heavy atom. The van der Waals surface area contributed by atoms with E-state index in [-0.39, 0.29) is 24.4 Å². The molecule has 0 aliphatic carbocycles. The molecule has 0 saturated heterocycles. The number of hydrogen-bond acceptors (Lipinski definition) is 4. The van der Waals surface area contributed by atoms with Crippen molar-refractivity contribution in [1.82, 2.24) is 15.5 Å². The molecule has 110 valence electrons. The van der Waals surface area contributed by atoms with Gasteiger partial charge in [-0.15, -0.1) is 11.3 Å². The van der Waals surface area contributed by atoms with Crippen molar-refractivity contribution < 1.29 is 9.59 Å². The van der Waals surface area contributed by atoms with E-state index in [0.29, 0.717) is 13.1 Å². The lowest BCUT2D eigenvalue weighted by Crippen LogP contribution is -2.44. The van der Waals surface area contributed by atoms with Gasteiger partial charge in [0.15, 0.2) is 0 Å². The van der Waals surface area contributed by atoms with E-state index in [0.717, 1.165) is 13.0 Å². The quantitative estimate of drug-likeness (QED) is 0.849. The van der Waals surface area contributed by atoms with Gasteiger partial charge in [-0.2, -0.15) is 0 Å². The van der Waals surface area contributed by atoms with Crippen LogP contribution in [0.3, 0.4) is 0 Å². The molecule has 0 spiro atoms. The van der Waals surface area contributed by atoms with Gasteiger partial charge in [-0.1, -0.05) is 0 Å². The molecule has 0 radical (unpaired) electrons. The number of likely N-dealkylation sites (N-methyl/N-ethyl adjacent to an activating group) is 1. The minimum Gasteiger partial charge on any atom is -0.355 e. The first-order valence-electron chi connectivity index (χ1n) is 6.95. The van der Waals surface area contributed by atoms with E-state index in [1.807, 2.05) is 6.92 Å². The second kappa shape index (κ2) is 6.85. The van der Waals surface area contributed by atoms with E-state index in [2.05, 4.69) is 33.9 Å². The summed E-state index contributed by atoms with van der Waals surface area (Å²) in [6.07, 6.45) is 1.00. The summed E-state index contributed by atoms with van der Waals surface area (Å²) in [6, 6.07) is 2.41. The van der Waals surface area contributed by atoms with Crippen LogP contribution in [0.4, 0.5) is 0 Å². The average Bonchev–Trinajstić information content (AvgIpc) is 2.89. The highest BCUT2D eigenvalue weighted by Gasteiger charge is 2.26. The smallest absolute Gasteiger partial charge is 0.239 e. The molecule has 2 heterocycles. The fourth-order valence-corrected chi connectivity index (χ4v) is 3.42. The van der Waals surface area contributed by atoms with Crippen molar-refractivity contribution in [3.63, 3.8) is 0 Å². The summed E-state index contributed by atoms with van der Waals surface area (Å²) in [7, 11) is 0. The van der Waals surface area contributed by atoms with Crippen molar-refractivity contribution in [2.24, 2.45) is 0 Å². The highest BCUT2D eigenvalue weighted by atomic mass is 32.1. The molecule has 2 rings (SSSR count). The molecule has 20 heavy (non-hydrogen) atoms. The lowest BCUT2D eigenvalue weighted by molar-refractivity contribution is -0.127. The molecule has 6 heteroatoms. The molecule has 0 saturated carbocycles. The van der Waals surface area contributed by atoms with E-state index in [4.69, 9.17) is 0 Å². The first-order chi connectivity index (χ1) is 9.61. The van der Waals surface area contributed by atoms with Crippen molar-refractivity contribution >= 4 is 23.2 Å². The molecular formula is C14H21N3O2S. The lowest BCUT2D eigenvalue weighted by Gasteiger charge is -2.32. The summed E-state index contributed by atoms with van der Waals surface area (Å²) in [4.78, 5) is 26.8. The monoisotopic (exact) mass is 295 g/mol. The van der Waals surface area contributed by atoms with Crippen LogP contribution in [0.25, 0.3) is 0 Å². The highest BCUT2D eigenvalue weighted by molar-refractivity contribution is 7.10. The number of nitrogens with zero attached hydrogens (tertiary/aromatic N) is 1. The Morgan fingerprint density at radius 1 is 1.40 bits per heavy atom. The van der Waals surface area contributed by atoms with Crippen LogP contribution in [0.2, 0.25) is 0 Å². The average molecular weight is 295 g/mol. The molecule has 0 unspecified atom stereocenters. The number of amides is 2. The molecule has 1 aliphatic heterocycles. The predicted octanol–water partition coefficient (Wildman–Crippen LogP) is 0.919. The summed E-state index contributed by atoms with van der Waals surface area (Å²) in [6.45, 7) is 5.85. The number of nitrogens with one attached hydrogen (secondary N) is 2. The second-order valence-electron chi connectivity index (χ2n) is 4.93. The van der Waals surface area contributed by atoms with Gasteiger partial charge in [0.05, 0.1) is 13.1 Å². The third kappa shape index (κ3) is 3.58. The molecule has 0 fully saturated rings. The first kappa shape index (κ1) is 15.0. The molecular weight excluding hydrogens is 274 g/mol. The van der Waals surface area contributed by atoms with Crippen LogP contribution in [-0.2, 0) is 16.0 Å². The summed E-state index contributed by atoms with van der Waals surface area (Å²) in [5.41, 5.74) is 1.33. The van der Waals surface area contributed by atoms with Crippen LogP contribution in [0.1, 0.15) is 30.3 Å². The standard InChI is InChI=1S/C14H21N3O2S/c1-3-15-13(18)8-16-14(19)9-17-6-4-12-11(10(17)2)5-7-20-12/h5,7,10H,3-4,6,8-9H2,1-2H3,(H,15,18)(H,16,19)/t10-/m0/s1. The number of rotatable bonds is 5. The van der Waals surface area contributed by atoms with Gasteiger partial charge in [0, 0.05) is 24.0 Å². The van der Waals surface area contributed by atoms with Crippen LogP contribution < -0.4 is 10.6 Å². The molecule has 1 aromatic rings. The second-order valence-corrected chi connectivity index (χ2v) is 5.93. The molecule has 1 aliphatic rings. The maximum atomic E-state index is 11.9. The minimum absolute atomic E-state index is 0.0542. The Kier molecular flexibility index (Phi) is 5.14. The maximum absolute atomic E-state index is 11.9. The Hall–Kier alpha value is -1.40. The van der Waals surface area contributed by atoms with Crippen LogP contribution in [0.15, 0.2) is 11.4 Å². The van der Waals surface area contributed by atoms with Crippen LogP contribution >= 0.6 is 11.3 Å². The van der Waals surface area contributed by atoms with Crippen LogP contribution in [0.5, 0.6) is 0 Å². The zero-order valence-corrected chi connectivity index (χ0v) is 12.8.